The number of ether oxygens (including phenoxy) is 2. The Morgan fingerprint density at radius 2 is 1.65 bits per heavy atom. The van der Waals surface area contributed by atoms with Gasteiger partial charge in [0.1, 0.15) is 5.70 Å². The molecule has 2 aromatic rings. The lowest BCUT2D eigenvalue weighted by Crippen LogP contribution is -2.27. The molecule has 3 rings (SSSR count). The molecule has 1 heterocycles. The molecule has 0 radical (unpaired) electrons. The third-order valence-electron chi connectivity index (χ3n) is 4.57. The van der Waals surface area contributed by atoms with E-state index in [0.717, 1.165) is 5.56 Å². The van der Waals surface area contributed by atoms with Gasteiger partial charge in [0.2, 0.25) is 0 Å². The molecular weight excluding hydrogens is 396 g/mol. The largest absolute Gasteiger partial charge is 0.465 e. The maximum absolute atomic E-state index is 12.7. The molecule has 0 aliphatic carbocycles. The van der Waals surface area contributed by atoms with Gasteiger partial charge >= 0.3 is 11.9 Å². The molecule has 0 spiro atoms. The van der Waals surface area contributed by atoms with Crippen LogP contribution in [0.25, 0.3) is 0 Å². The lowest BCUT2D eigenvalue weighted by molar-refractivity contribution is -0.139. The van der Waals surface area contributed by atoms with E-state index in [1.54, 1.807) is 42.6 Å². The second kappa shape index (κ2) is 10.1. The Bertz CT molecular complexity index is 1070. The lowest BCUT2D eigenvalue weighted by atomic mass is 10.1. The van der Waals surface area contributed by atoms with Crippen LogP contribution in [-0.4, -0.2) is 32.1 Å². The zero-order chi connectivity index (χ0) is 22.2. The van der Waals surface area contributed by atoms with Crippen LogP contribution in [0.1, 0.15) is 15.9 Å². The molecule has 0 bridgehead atoms. The molecule has 31 heavy (non-hydrogen) atoms. The summed E-state index contributed by atoms with van der Waals surface area (Å²) >= 11 is 0. The van der Waals surface area contributed by atoms with Gasteiger partial charge in [0.25, 0.3) is 5.91 Å². The highest BCUT2D eigenvalue weighted by atomic mass is 16.5. The van der Waals surface area contributed by atoms with Gasteiger partial charge in [0, 0.05) is 24.0 Å². The van der Waals surface area contributed by atoms with Crippen LogP contribution in [0, 0.1) is 0 Å². The Morgan fingerprint density at radius 1 is 0.903 bits per heavy atom. The first-order chi connectivity index (χ1) is 15.0. The zero-order valence-corrected chi connectivity index (χ0v) is 17.2. The number of nitrogens with zero attached hydrogens (tertiary/aromatic N) is 1. The van der Waals surface area contributed by atoms with Crippen LogP contribution in [-0.2, 0) is 25.6 Å². The van der Waals surface area contributed by atoms with Crippen molar-refractivity contribution >= 4 is 23.5 Å². The van der Waals surface area contributed by atoms with E-state index in [0.29, 0.717) is 17.8 Å². The Labute approximate surface area is 180 Å². The number of anilines is 1. The quantitative estimate of drug-likeness (QED) is 0.726. The Kier molecular flexibility index (Phi) is 7.01. The van der Waals surface area contributed by atoms with Crippen LogP contribution in [0.4, 0.5) is 5.69 Å². The highest BCUT2D eigenvalue weighted by Gasteiger charge is 2.27. The molecule has 0 aromatic heterocycles. The van der Waals surface area contributed by atoms with Gasteiger partial charge in [-0.1, -0.05) is 42.5 Å². The van der Waals surface area contributed by atoms with Crippen molar-refractivity contribution in [3.8, 4) is 0 Å². The fourth-order valence-electron chi connectivity index (χ4n) is 3.04. The Balaban J connectivity index is 1.93. The van der Waals surface area contributed by atoms with Gasteiger partial charge in [-0.2, -0.15) is 0 Å². The normalized spacial score (nSPS) is 12.9. The first-order valence-electron chi connectivity index (χ1n) is 9.52. The molecule has 1 aliphatic rings. The first kappa shape index (κ1) is 21.6. The number of esters is 2. The molecule has 0 unspecified atom stereocenters. The predicted molar refractivity (Wildman–Crippen MR) is 116 cm³/mol. The van der Waals surface area contributed by atoms with Crippen LogP contribution < -0.4 is 10.2 Å². The summed E-state index contributed by atoms with van der Waals surface area (Å²) in [6.45, 7) is 0.386. The van der Waals surface area contributed by atoms with E-state index < -0.39 is 11.9 Å². The summed E-state index contributed by atoms with van der Waals surface area (Å²) in [4.78, 5) is 39.0. The van der Waals surface area contributed by atoms with E-state index in [-0.39, 0.29) is 17.2 Å². The van der Waals surface area contributed by atoms with Crippen molar-refractivity contribution in [2.45, 2.75) is 6.54 Å². The minimum atomic E-state index is -0.712. The average molecular weight is 418 g/mol. The van der Waals surface area contributed by atoms with Crippen molar-refractivity contribution in [2.75, 3.05) is 19.1 Å². The molecule has 0 fully saturated rings. The van der Waals surface area contributed by atoms with E-state index >= 15 is 0 Å². The van der Waals surface area contributed by atoms with Crippen LogP contribution in [0.5, 0.6) is 0 Å². The smallest absolute Gasteiger partial charge is 0.355 e. The highest BCUT2D eigenvalue weighted by Crippen LogP contribution is 2.27. The third kappa shape index (κ3) is 5.08. The summed E-state index contributed by atoms with van der Waals surface area (Å²) in [5.41, 5.74) is 1.92. The highest BCUT2D eigenvalue weighted by molar-refractivity contribution is 6.05. The fraction of sp³-hybridized carbons (Fsp3) is 0.125. The van der Waals surface area contributed by atoms with E-state index in [9.17, 15) is 14.4 Å². The number of carbonyl (C=O) groups excluding carboxylic acids is 3. The summed E-state index contributed by atoms with van der Waals surface area (Å²) in [5.74, 6) is -1.66. The van der Waals surface area contributed by atoms with Gasteiger partial charge < -0.3 is 19.7 Å². The maximum atomic E-state index is 12.7. The number of benzene rings is 2. The molecule has 1 N–H and O–H groups in total. The van der Waals surface area contributed by atoms with Gasteiger partial charge in [0.05, 0.1) is 19.8 Å². The number of amides is 1. The number of nitrogens with one attached hydrogen (secondary N) is 1. The molecule has 1 amide bonds. The SMILES string of the molecule is COC(=O)C1=C(C(=O)OC)N(c2cccc(C(=O)NCc3ccccc3)c2)C=CC=C1. The van der Waals surface area contributed by atoms with Gasteiger partial charge in [-0.3, -0.25) is 4.79 Å². The molecule has 7 heteroatoms. The second-order valence-corrected chi connectivity index (χ2v) is 6.53. The number of methoxy groups -OCH3 is 2. The first-order valence-corrected chi connectivity index (χ1v) is 9.52. The molecule has 158 valence electrons. The van der Waals surface area contributed by atoms with Crippen molar-refractivity contribution in [1.29, 1.82) is 0 Å². The van der Waals surface area contributed by atoms with Gasteiger partial charge in [-0.15, -0.1) is 0 Å². The van der Waals surface area contributed by atoms with Crippen molar-refractivity contribution in [3.63, 3.8) is 0 Å². The van der Waals surface area contributed by atoms with E-state index in [1.165, 1.54) is 25.2 Å². The van der Waals surface area contributed by atoms with Crippen molar-refractivity contribution < 1.29 is 23.9 Å². The lowest BCUT2D eigenvalue weighted by Gasteiger charge is -2.23. The van der Waals surface area contributed by atoms with E-state index in [1.807, 2.05) is 30.3 Å². The van der Waals surface area contributed by atoms with Crippen molar-refractivity contribution in [2.24, 2.45) is 0 Å². The van der Waals surface area contributed by atoms with Gasteiger partial charge in [-0.25, -0.2) is 9.59 Å². The zero-order valence-electron chi connectivity index (χ0n) is 17.2. The predicted octanol–water partition coefficient (Wildman–Crippen LogP) is 3.11. The minimum Gasteiger partial charge on any atom is -0.465 e. The number of hydrogen-bond donors (Lipinski definition) is 1. The van der Waals surface area contributed by atoms with Crippen LogP contribution >= 0.6 is 0 Å². The van der Waals surface area contributed by atoms with Crippen molar-refractivity contribution in [3.05, 3.63) is 101 Å². The summed E-state index contributed by atoms with van der Waals surface area (Å²) < 4.78 is 9.71. The molecule has 1 aliphatic heterocycles. The molecular formula is C24H22N2O5. The van der Waals surface area contributed by atoms with Crippen LogP contribution in [0.15, 0.2) is 90.3 Å². The third-order valence-corrected chi connectivity index (χ3v) is 4.57. The van der Waals surface area contributed by atoms with Crippen molar-refractivity contribution in [1.82, 2.24) is 5.32 Å². The van der Waals surface area contributed by atoms with Gasteiger partial charge in [0.15, 0.2) is 0 Å². The summed E-state index contributed by atoms with van der Waals surface area (Å²) in [6.07, 6.45) is 6.37. The Hall–Kier alpha value is -4.13. The topological polar surface area (TPSA) is 84.9 Å². The Morgan fingerprint density at radius 3 is 2.35 bits per heavy atom. The number of hydrogen-bond acceptors (Lipinski definition) is 6. The maximum Gasteiger partial charge on any atom is 0.355 e. The number of rotatable bonds is 6. The summed E-state index contributed by atoms with van der Waals surface area (Å²) in [7, 11) is 2.46. The van der Waals surface area contributed by atoms with E-state index in [2.05, 4.69) is 5.32 Å². The summed E-state index contributed by atoms with van der Waals surface area (Å²) in [6, 6.07) is 16.3. The second-order valence-electron chi connectivity index (χ2n) is 6.53. The molecule has 0 saturated heterocycles. The fourth-order valence-corrected chi connectivity index (χ4v) is 3.04. The van der Waals surface area contributed by atoms with Crippen LogP contribution in [0.3, 0.4) is 0 Å². The minimum absolute atomic E-state index is 0.0128. The molecule has 0 atom stereocenters. The van der Waals surface area contributed by atoms with Gasteiger partial charge in [-0.05, 0) is 35.9 Å². The van der Waals surface area contributed by atoms with Crippen LogP contribution in [0.2, 0.25) is 0 Å². The monoisotopic (exact) mass is 418 g/mol. The number of carbonyl (C=O) groups is 3. The molecule has 7 nitrogen and oxygen atoms in total. The number of allylic oxidation sites excluding steroid dienone is 2. The summed E-state index contributed by atoms with van der Waals surface area (Å²) in [5, 5.41) is 2.87. The van der Waals surface area contributed by atoms with E-state index in [4.69, 9.17) is 9.47 Å². The molecule has 2 aromatic carbocycles. The average Bonchev–Trinajstić information content (AvgIpc) is 3.05. The molecule has 0 saturated carbocycles. The standard InChI is InChI=1S/C24H22N2O5/c1-30-23(28)20-13-6-7-14-26(21(20)24(29)31-2)19-12-8-11-18(15-19)22(27)25-16-17-9-4-3-5-10-17/h3-15H,16H2,1-2H3,(H,25,27).